The highest BCUT2D eigenvalue weighted by Gasteiger charge is 2.39. The van der Waals surface area contributed by atoms with E-state index in [-0.39, 0.29) is 5.91 Å². The predicted molar refractivity (Wildman–Crippen MR) is 82.4 cm³/mol. The number of rotatable bonds is 6. The van der Waals surface area contributed by atoms with Crippen molar-refractivity contribution < 1.29 is 4.79 Å². The molecule has 2 rings (SSSR count). The minimum atomic E-state index is -0.563. The van der Waals surface area contributed by atoms with E-state index in [4.69, 9.17) is 5.73 Å². The minimum Gasteiger partial charge on any atom is -0.368 e. The summed E-state index contributed by atoms with van der Waals surface area (Å²) in [7, 11) is 0. The number of piperidine rings is 1. The molecule has 4 unspecified atom stereocenters. The molecule has 1 saturated heterocycles. The van der Waals surface area contributed by atoms with Gasteiger partial charge < -0.3 is 16.0 Å². The van der Waals surface area contributed by atoms with Crippen molar-refractivity contribution in [2.45, 2.75) is 71.0 Å². The van der Waals surface area contributed by atoms with Crippen LogP contribution in [-0.2, 0) is 4.79 Å². The Morgan fingerprint density at radius 3 is 2.50 bits per heavy atom. The molecule has 3 N–H and O–H groups in total. The fourth-order valence-electron chi connectivity index (χ4n) is 3.32. The summed E-state index contributed by atoms with van der Waals surface area (Å²) in [6.07, 6.45) is 4.42. The molecule has 2 aliphatic rings. The number of hydrogen-bond donors (Lipinski definition) is 2. The average Bonchev–Trinajstić information content (AvgIpc) is 3.16. The molecule has 4 atom stereocenters. The van der Waals surface area contributed by atoms with Gasteiger partial charge in [-0.1, -0.05) is 13.8 Å². The third-order valence-corrected chi connectivity index (χ3v) is 5.34. The summed E-state index contributed by atoms with van der Waals surface area (Å²) in [6.45, 7) is 11.2. The number of nitrogens with two attached hydrogens (primary N) is 1. The molecule has 116 valence electrons. The number of likely N-dealkylation sites (tertiary alicyclic amines) is 1. The van der Waals surface area contributed by atoms with Crippen LogP contribution < -0.4 is 11.1 Å². The van der Waals surface area contributed by atoms with Gasteiger partial charge in [0.05, 0.1) is 5.54 Å². The van der Waals surface area contributed by atoms with E-state index in [2.05, 4.69) is 31.0 Å². The first-order valence-electron chi connectivity index (χ1n) is 8.13. The summed E-state index contributed by atoms with van der Waals surface area (Å²) in [4.78, 5) is 14.4. The molecule has 0 spiro atoms. The van der Waals surface area contributed by atoms with Gasteiger partial charge in [0.25, 0.3) is 0 Å². The first-order valence-corrected chi connectivity index (χ1v) is 8.13. The third-order valence-electron chi connectivity index (χ3n) is 5.34. The Morgan fingerprint density at radius 2 is 2.00 bits per heavy atom. The van der Waals surface area contributed by atoms with Gasteiger partial charge in [-0.05, 0) is 57.9 Å². The van der Waals surface area contributed by atoms with Crippen LogP contribution in [0.25, 0.3) is 0 Å². The van der Waals surface area contributed by atoms with Gasteiger partial charge in [0.15, 0.2) is 0 Å². The Balaban J connectivity index is 1.93. The van der Waals surface area contributed by atoms with E-state index >= 15 is 0 Å². The quantitative estimate of drug-likeness (QED) is 0.779. The van der Waals surface area contributed by atoms with Crippen molar-refractivity contribution >= 4 is 5.91 Å². The summed E-state index contributed by atoms with van der Waals surface area (Å²) < 4.78 is 0. The topological polar surface area (TPSA) is 58.4 Å². The monoisotopic (exact) mass is 281 g/mol. The van der Waals surface area contributed by atoms with Crippen LogP contribution in [0, 0.1) is 11.8 Å². The van der Waals surface area contributed by atoms with Crippen LogP contribution in [0.3, 0.4) is 0 Å². The van der Waals surface area contributed by atoms with E-state index in [1.807, 2.05) is 6.92 Å². The summed E-state index contributed by atoms with van der Waals surface area (Å²) in [6, 6.07) is 0.897. The van der Waals surface area contributed by atoms with Crippen LogP contribution in [0.1, 0.15) is 53.4 Å². The summed E-state index contributed by atoms with van der Waals surface area (Å²) >= 11 is 0. The minimum absolute atomic E-state index is 0.213. The van der Waals surface area contributed by atoms with Gasteiger partial charge in [-0.2, -0.15) is 0 Å². The van der Waals surface area contributed by atoms with Gasteiger partial charge in [0.1, 0.15) is 0 Å². The zero-order valence-corrected chi connectivity index (χ0v) is 13.5. The van der Waals surface area contributed by atoms with Crippen molar-refractivity contribution in [3.63, 3.8) is 0 Å². The number of hydrogen-bond acceptors (Lipinski definition) is 3. The van der Waals surface area contributed by atoms with E-state index in [9.17, 15) is 4.79 Å². The molecule has 0 bridgehead atoms. The Kier molecular flexibility index (Phi) is 4.75. The largest absolute Gasteiger partial charge is 0.368 e. The van der Waals surface area contributed by atoms with Crippen LogP contribution in [0.15, 0.2) is 0 Å². The molecule has 1 saturated carbocycles. The molecule has 1 aliphatic heterocycles. The molecular weight excluding hydrogens is 250 g/mol. The highest BCUT2D eigenvalue weighted by molar-refractivity contribution is 5.84. The molecule has 0 aromatic heterocycles. The van der Waals surface area contributed by atoms with Crippen molar-refractivity contribution in [1.82, 2.24) is 10.2 Å². The van der Waals surface area contributed by atoms with E-state index in [1.165, 1.54) is 19.3 Å². The highest BCUT2D eigenvalue weighted by Crippen LogP contribution is 2.28. The Bertz CT molecular complexity index is 356. The second kappa shape index (κ2) is 6.02. The molecule has 0 aromatic rings. The van der Waals surface area contributed by atoms with Gasteiger partial charge in [-0.15, -0.1) is 0 Å². The summed E-state index contributed by atoms with van der Waals surface area (Å²) in [5.41, 5.74) is 5.09. The van der Waals surface area contributed by atoms with Gasteiger partial charge in [0.2, 0.25) is 5.91 Å². The molecule has 1 aliphatic carbocycles. The van der Waals surface area contributed by atoms with Crippen LogP contribution in [0.5, 0.6) is 0 Å². The van der Waals surface area contributed by atoms with Gasteiger partial charge in [0, 0.05) is 18.6 Å². The van der Waals surface area contributed by atoms with Gasteiger partial charge in [-0.25, -0.2) is 0 Å². The van der Waals surface area contributed by atoms with E-state index < -0.39 is 5.54 Å². The second-order valence-corrected chi connectivity index (χ2v) is 7.41. The van der Waals surface area contributed by atoms with E-state index in [0.717, 1.165) is 31.3 Å². The van der Waals surface area contributed by atoms with Gasteiger partial charge >= 0.3 is 0 Å². The number of nitrogens with zero attached hydrogens (tertiary/aromatic N) is 1. The number of amides is 1. The standard InChI is InChI=1S/C16H31N3O/c1-11-7-8-19(10-12(11)2)13(3)9-16(4,15(17)20)18-14-5-6-14/h11-14,18H,5-10H2,1-4H3,(H2,17,20). The zero-order chi connectivity index (χ0) is 14.9. The predicted octanol–water partition coefficient (Wildman–Crippen LogP) is 1.74. The van der Waals surface area contributed by atoms with Crippen molar-refractivity contribution in [2.75, 3.05) is 13.1 Å². The molecule has 0 radical (unpaired) electrons. The normalized spacial score (nSPS) is 32.6. The van der Waals surface area contributed by atoms with Crippen LogP contribution in [0.2, 0.25) is 0 Å². The lowest BCUT2D eigenvalue weighted by Crippen LogP contribution is -2.57. The second-order valence-electron chi connectivity index (χ2n) is 7.41. The van der Waals surface area contributed by atoms with Crippen molar-refractivity contribution in [2.24, 2.45) is 17.6 Å². The number of primary amides is 1. The van der Waals surface area contributed by atoms with Crippen molar-refractivity contribution in [3.05, 3.63) is 0 Å². The summed E-state index contributed by atoms with van der Waals surface area (Å²) in [5, 5.41) is 3.46. The smallest absolute Gasteiger partial charge is 0.237 e. The Labute approximate surface area is 123 Å². The SMILES string of the molecule is CC1CCN(C(C)CC(C)(NC2CC2)C(N)=O)CC1C. The lowest BCUT2D eigenvalue weighted by Gasteiger charge is -2.41. The maximum Gasteiger partial charge on any atom is 0.237 e. The average molecular weight is 281 g/mol. The van der Waals surface area contributed by atoms with Crippen molar-refractivity contribution in [1.29, 1.82) is 0 Å². The fraction of sp³-hybridized carbons (Fsp3) is 0.938. The number of carbonyl (C=O) groups is 1. The molecule has 1 heterocycles. The first kappa shape index (κ1) is 15.8. The molecule has 20 heavy (non-hydrogen) atoms. The number of carbonyl (C=O) groups excluding carboxylic acids is 1. The Hall–Kier alpha value is -0.610. The molecule has 1 amide bonds. The molecule has 0 aromatic carbocycles. The van der Waals surface area contributed by atoms with Gasteiger partial charge in [-0.3, -0.25) is 4.79 Å². The first-order chi connectivity index (χ1) is 9.32. The maximum atomic E-state index is 11.9. The maximum absolute atomic E-state index is 11.9. The van der Waals surface area contributed by atoms with Crippen molar-refractivity contribution in [3.8, 4) is 0 Å². The fourth-order valence-corrected chi connectivity index (χ4v) is 3.32. The van der Waals surface area contributed by atoms with Crippen LogP contribution in [0.4, 0.5) is 0 Å². The molecule has 4 nitrogen and oxygen atoms in total. The van der Waals surface area contributed by atoms with E-state index in [0.29, 0.717) is 12.1 Å². The summed E-state index contributed by atoms with van der Waals surface area (Å²) in [5.74, 6) is 1.34. The number of nitrogens with one attached hydrogen (secondary N) is 1. The highest BCUT2D eigenvalue weighted by atomic mass is 16.1. The Morgan fingerprint density at radius 1 is 1.35 bits per heavy atom. The third kappa shape index (κ3) is 3.73. The molecule has 2 fully saturated rings. The lowest BCUT2D eigenvalue weighted by molar-refractivity contribution is -0.124. The van der Waals surface area contributed by atoms with Crippen LogP contribution >= 0.6 is 0 Å². The van der Waals surface area contributed by atoms with E-state index in [1.54, 1.807) is 0 Å². The lowest BCUT2D eigenvalue weighted by atomic mass is 9.86. The van der Waals surface area contributed by atoms with Crippen LogP contribution in [-0.4, -0.2) is 41.5 Å². The molecular formula is C16H31N3O. The zero-order valence-electron chi connectivity index (χ0n) is 13.5. The molecule has 4 heteroatoms.